The number of aliphatic hydroxyl groups is 1. The average Bonchev–Trinajstić information content (AvgIpc) is 3.09. The molecule has 0 saturated heterocycles. The van der Waals surface area contributed by atoms with Crippen molar-refractivity contribution in [2.75, 3.05) is 0 Å². The Labute approximate surface area is 132 Å². The lowest BCUT2D eigenvalue weighted by Crippen LogP contribution is -2.37. The Morgan fingerprint density at radius 3 is 1.78 bits per heavy atom. The van der Waals surface area contributed by atoms with Gasteiger partial charge in [-0.2, -0.15) is 4.80 Å². The molecule has 0 aliphatic heterocycles. The smallest absolute Gasteiger partial charge is 0.162 e. The van der Waals surface area contributed by atoms with E-state index < -0.39 is 11.6 Å². The van der Waals surface area contributed by atoms with Gasteiger partial charge in [0, 0.05) is 0 Å². The first kappa shape index (κ1) is 15.0. The van der Waals surface area contributed by atoms with Crippen molar-refractivity contribution in [2.45, 2.75) is 18.6 Å². The van der Waals surface area contributed by atoms with Crippen LogP contribution in [0.1, 0.15) is 24.1 Å². The van der Waals surface area contributed by atoms with Crippen LogP contribution in [0.3, 0.4) is 0 Å². The fourth-order valence-corrected chi connectivity index (χ4v) is 2.60. The van der Waals surface area contributed by atoms with E-state index in [1.165, 1.54) is 35.4 Å². The third-order valence-electron chi connectivity index (χ3n) is 3.93. The Kier molecular flexibility index (Phi) is 3.71. The third kappa shape index (κ3) is 2.62. The molecule has 0 radical (unpaired) electrons. The molecule has 2 aromatic carbocycles. The first-order valence-corrected chi connectivity index (χ1v) is 7.05. The van der Waals surface area contributed by atoms with Crippen molar-refractivity contribution in [3.05, 3.63) is 66.0 Å². The van der Waals surface area contributed by atoms with Gasteiger partial charge in [-0.15, -0.1) is 10.2 Å². The highest BCUT2D eigenvalue weighted by molar-refractivity contribution is 5.41. The molecular weight excluding hydrogens is 296 g/mol. The van der Waals surface area contributed by atoms with Crippen LogP contribution < -0.4 is 0 Å². The van der Waals surface area contributed by atoms with Gasteiger partial charge in [-0.25, -0.2) is 0 Å². The monoisotopic (exact) mass is 312 g/mol. The summed E-state index contributed by atoms with van der Waals surface area (Å²) in [6.07, 6.45) is 1.30. The van der Waals surface area contributed by atoms with E-state index in [0.717, 1.165) is 0 Å². The zero-order valence-electron chi connectivity index (χ0n) is 12.4. The average molecular weight is 312 g/mol. The van der Waals surface area contributed by atoms with E-state index in [1.807, 2.05) is 0 Å². The normalized spacial score (nSPS) is 13.0. The maximum absolute atomic E-state index is 11.5. The Morgan fingerprint density at radius 1 is 0.913 bits per heavy atom. The molecule has 0 saturated carbocycles. The second-order valence-corrected chi connectivity index (χ2v) is 5.29. The minimum Gasteiger partial charge on any atom is -0.508 e. The summed E-state index contributed by atoms with van der Waals surface area (Å²) >= 11 is 0. The molecule has 0 fully saturated rings. The molecule has 1 aromatic heterocycles. The van der Waals surface area contributed by atoms with Gasteiger partial charge < -0.3 is 15.3 Å². The number of aromatic hydroxyl groups is 2. The highest BCUT2D eigenvalue weighted by atomic mass is 16.3. The van der Waals surface area contributed by atoms with E-state index in [4.69, 9.17) is 0 Å². The molecular formula is C16H16N4O3. The second kappa shape index (κ2) is 5.69. The highest BCUT2D eigenvalue weighted by Crippen LogP contribution is 2.39. The quantitative estimate of drug-likeness (QED) is 0.675. The third-order valence-corrected chi connectivity index (χ3v) is 3.93. The predicted molar refractivity (Wildman–Crippen MR) is 81.7 cm³/mol. The van der Waals surface area contributed by atoms with Gasteiger partial charge >= 0.3 is 0 Å². The van der Waals surface area contributed by atoms with Crippen LogP contribution in [-0.2, 0) is 5.60 Å². The lowest BCUT2D eigenvalue weighted by atomic mass is 9.81. The highest BCUT2D eigenvalue weighted by Gasteiger charge is 2.40. The lowest BCUT2D eigenvalue weighted by molar-refractivity contribution is 0.0183. The standard InChI is InChI=1S/C16H16N4O3/c1-11(20-18-10-17-19-20)16(23,12-2-6-14(21)7-3-12)13-4-8-15(22)9-5-13/h2-11,21-23H,1H3. The maximum Gasteiger partial charge on any atom is 0.162 e. The summed E-state index contributed by atoms with van der Waals surface area (Å²) in [6, 6.07) is 12.0. The Bertz CT molecular complexity index is 725. The van der Waals surface area contributed by atoms with Crippen LogP contribution in [-0.4, -0.2) is 35.5 Å². The summed E-state index contributed by atoms with van der Waals surface area (Å²) in [5.41, 5.74) is -0.348. The second-order valence-electron chi connectivity index (χ2n) is 5.29. The van der Waals surface area contributed by atoms with Crippen molar-refractivity contribution in [3.8, 4) is 11.5 Å². The van der Waals surface area contributed by atoms with Gasteiger partial charge in [-0.3, -0.25) is 0 Å². The number of benzene rings is 2. The Balaban J connectivity index is 2.16. The van der Waals surface area contributed by atoms with E-state index in [0.29, 0.717) is 11.1 Å². The van der Waals surface area contributed by atoms with E-state index in [1.54, 1.807) is 31.2 Å². The summed E-state index contributed by atoms with van der Waals surface area (Å²) in [6.45, 7) is 1.77. The lowest BCUT2D eigenvalue weighted by Gasteiger charge is -2.34. The molecule has 23 heavy (non-hydrogen) atoms. The molecule has 3 N–H and O–H groups in total. The van der Waals surface area contributed by atoms with Gasteiger partial charge in [-0.1, -0.05) is 24.3 Å². The molecule has 1 unspecified atom stereocenters. The largest absolute Gasteiger partial charge is 0.508 e. The summed E-state index contributed by atoms with van der Waals surface area (Å²) in [5.74, 6) is 0.210. The van der Waals surface area contributed by atoms with E-state index in [9.17, 15) is 15.3 Å². The first-order valence-electron chi connectivity index (χ1n) is 7.05. The predicted octanol–water partition coefficient (Wildman–Crippen LogP) is 1.58. The van der Waals surface area contributed by atoms with Crippen molar-refractivity contribution >= 4 is 0 Å². The fourth-order valence-electron chi connectivity index (χ4n) is 2.60. The molecule has 1 heterocycles. The number of rotatable bonds is 4. The van der Waals surface area contributed by atoms with E-state index >= 15 is 0 Å². The molecule has 1 atom stereocenters. The van der Waals surface area contributed by atoms with Crippen LogP contribution >= 0.6 is 0 Å². The summed E-state index contributed by atoms with van der Waals surface area (Å²) in [4.78, 5) is 1.32. The number of nitrogens with zero attached hydrogens (tertiary/aromatic N) is 4. The van der Waals surface area contributed by atoms with Crippen LogP contribution in [0.5, 0.6) is 11.5 Å². The molecule has 0 aliphatic rings. The fraction of sp³-hybridized carbons (Fsp3) is 0.188. The van der Waals surface area contributed by atoms with E-state index in [-0.39, 0.29) is 11.5 Å². The summed E-state index contributed by atoms with van der Waals surface area (Å²) in [5, 5.41) is 42.0. The van der Waals surface area contributed by atoms with Gasteiger partial charge in [0.2, 0.25) is 0 Å². The molecule has 0 bridgehead atoms. The summed E-state index contributed by atoms with van der Waals surface area (Å²) in [7, 11) is 0. The Hall–Kier alpha value is -2.93. The molecule has 7 nitrogen and oxygen atoms in total. The van der Waals surface area contributed by atoms with Gasteiger partial charge in [0.25, 0.3) is 0 Å². The Morgan fingerprint density at radius 2 is 1.39 bits per heavy atom. The van der Waals surface area contributed by atoms with Gasteiger partial charge in [0.1, 0.15) is 23.1 Å². The SMILES string of the molecule is CC(n1ncnn1)C(O)(c1ccc(O)cc1)c1ccc(O)cc1. The van der Waals surface area contributed by atoms with Crippen molar-refractivity contribution < 1.29 is 15.3 Å². The van der Waals surface area contributed by atoms with Crippen LogP contribution in [0.15, 0.2) is 54.9 Å². The van der Waals surface area contributed by atoms with Gasteiger partial charge in [0.15, 0.2) is 6.33 Å². The molecule has 0 spiro atoms. The number of phenols is 2. The van der Waals surface area contributed by atoms with Crippen LogP contribution in [0.2, 0.25) is 0 Å². The van der Waals surface area contributed by atoms with Gasteiger partial charge in [0.05, 0.1) is 0 Å². The molecule has 3 rings (SSSR count). The van der Waals surface area contributed by atoms with Crippen LogP contribution in [0.25, 0.3) is 0 Å². The van der Waals surface area contributed by atoms with Crippen LogP contribution in [0.4, 0.5) is 0 Å². The molecule has 118 valence electrons. The number of hydrogen-bond donors (Lipinski definition) is 3. The number of hydrogen-bond acceptors (Lipinski definition) is 6. The molecule has 7 heteroatoms. The first-order chi connectivity index (χ1) is 11.0. The molecule has 0 aliphatic carbocycles. The number of tetrazole rings is 1. The number of phenolic OH excluding ortho intramolecular Hbond substituents is 2. The van der Waals surface area contributed by atoms with Crippen molar-refractivity contribution in [3.63, 3.8) is 0 Å². The van der Waals surface area contributed by atoms with Crippen LogP contribution in [0, 0.1) is 0 Å². The number of aromatic nitrogens is 4. The zero-order chi connectivity index (χ0) is 16.4. The minimum atomic E-state index is -1.47. The molecule has 0 amide bonds. The van der Waals surface area contributed by atoms with Crippen molar-refractivity contribution in [1.82, 2.24) is 20.2 Å². The molecule has 3 aromatic rings. The van der Waals surface area contributed by atoms with Crippen molar-refractivity contribution in [2.24, 2.45) is 0 Å². The summed E-state index contributed by atoms with van der Waals surface area (Å²) < 4.78 is 0. The topological polar surface area (TPSA) is 104 Å². The zero-order valence-corrected chi connectivity index (χ0v) is 12.4. The van der Waals surface area contributed by atoms with E-state index in [2.05, 4.69) is 15.4 Å². The van der Waals surface area contributed by atoms with Gasteiger partial charge in [-0.05, 0) is 47.5 Å². The maximum atomic E-state index is 11.5. The minimum absolute atomic E-state index is 0.105. The van der Waals surface area contributed by atoms with Crippen molar-refractivity contribution in [1.29, 1.82) is 0 Å².